The standard InChI is InChI=1S/C33H27N3O4/c1-3-18-39-25-14-16-27(29(37)20-25)32-34-31(24-12-10-23(11-13-24)22-8-6-5-7-9-22)35-33(36-32)28-17-15-26(21-30(28)38)40-19-4-2/h3-17,20-21,37-38H,1-2,18-19H2. The Hall–Kier alpha value is -5.43. The molecule has 0 aliphatic heterocycles. The number of nitrogens with zero attached hydrogens (tertiary/aromatic N) is 3. The van der Waals surface area contributed by atoms with Crippen LogP contribution in [0.1, 0.15) is 0 Å². The van der Waals surface area contributed by atoms with Gasteiger partial charge < -0.3 is 19.7 Å². The fraction of sp³-hybridized carbons (Fsp3) is 0.0606. The summed E-state index contributed by atoms with van der Waals surface area (Å²) in [6, 6.07) is 27.7. The summed E-state index contributed by atoms with van der Waals surface area (Å²) in [7, 11) is 0. The molecule has 0 amide bonds. The van der Waals surface area contributed by atoms with E-state index in [4.69, 9.17) is 9.47 Å². The van der Waals surface area contributed by atoms with Crippen LogP contribution in [0.4, 0.5) is 0 Å². The summed E-state index contributed by atoms with van der Waals surface area (Å²) in [5.41, 5.74) is 3.68. The van der Waals surface area contributed by atoms with Crippen LogP contribution in [0.3, 0.4) is 0 Å². The molecule has 0 radical (unpaired) electrons. The lowest BCUT2D eigenvalue weighted by Crippen LogP contribution is -2.01. The molecular formula is C33H27N3O4. The van der Waals surface area contributed by atoms with E-state index >= 15 is 0 Å². The summed E-state index contributed by atoms with van der Waals surface area (Å²) in [5, 5.41) is 21.6. The van der Waals surface area contributed by atoms with Crippen molar-refractivity contribution in [1.29, 1.82) is 0 Å². The molecule has 5 rings (SSSR count). The van der Waals surface area contributed by atoms with Gasteiger partial charge in [0.15, 0.2) is 17.5 Å². The molecule has 0 aliphatic rings. The Kier molecular flexibility index (Phi) is 7.83. The molecule has 0 aliphatic carbocycles. The van der Waals surface area contributed by atoms with Crippen molar-refractivity contribution in [2.24, 2.45) is 0 Å². The minimum atomic E-state index is -0.0542. The lowest BCUT2D eigenvalue weighted by atomic mass is 10.0. The van der Waals surface area contributed by atoms with Gasteiger partial charge in [-0.25, -0.2) is 15.0 Å². The molecule has 0 atom stereocenters. The maximum Gasteiger partial charge on any atom is 0.167 e. The van der Waals surface area contributed by atoms with Gasteiger partial charge in [-0.1, -0.05) is 79.9 Å². The first-order valence-electron chi connectivity index (χ1n) is 12.6. The predicted molar refractivity (Wildman–Crippen MR) is 156 cm³/mol. The largest absolute Gasteiger partial charge is 0.507 e. The Balaban J connectivity index is 1.59. The molecule has 0 saturated heterocycles. The number of phenols is 2. The Bertz CT molecular complexity index is 1570. The van der Waals surface area contributed by atoms with E-state index in [0.717, 1.165) is 16.7 Å². The van der Waals surface area contributed by atoms with Crippen LogP contribution in [0.25, 0.3) is 45.3 Å². The molecule has 0 fully saturated rings. The van der Waals surface area contributed by atoms with Crippen molar-refractivity contribution in [3.05, 3.63) is 116 Å². The third-order valence-corrected chi connectivity index (χ3v) is 6.04. The summed E-state index contributed by atoms with van der Waals surface area (Å²) in [6.45, 7) is 7.90. The topological polar surface area (TPSA) is 97.6 Å². The van der Waals surface area contributed by atoms with Crippen LogP contribution in [0.5, 0.6) is 23.0 Å². The van der Waals surface area contributed by atoms with Gasteiger partial charge in [-0.15, -0.1) is 0 Å². The quantitative estimate of drug-likeness (QED) is 0.187. The summed E-state index contributed by atoms with van der Waals surface area (Å²) in [6.07, 6.45) is 3.25. The van der Waals surface area contributed by atoms with E-state index in [1.165, 1.54) is 12.1 Å². The van der Waals surface area contributed by atoms with Gasteiger partial charge in [0.2, 0.25) is 0 Å². The lowest BCUT2D eigenvalue weighted by Gasteiger charge is -2.12. The zero-order valence-electron chi connectivity index (χ0n) is 21.7. The van der Waals surface area contributed by atoms with Gasteiger partial charge in [0.05, 0.1) is 11.1 Å². The monoisotopic (exact) mass is 529 g/mol. The number of hydrogen-bond donors (Lipinski definition) is 2. The van der Waals surface area contributed by atoms with Crippen molar-refractivity contribution in [3.8, 4) is 68.3 Å². The number of rotatable bonds is 10. The van der Waals surface area contributed by atoms with Crippen LogP contribution < -0.4 is 9.47 Å². The van der Waals surface area contributed by atoms with Crippen LogP contribution >= 0.6 is 0 Å². The molecular weight excluding hydrogens is 502 g/mol. The predicted octanol–water partition coefficient (Wildman–Crippen LogP) is 7.08. The molecule has 4 aromatic carbocycles. The molecule has 198 valence electrons. The lowest BCUT2D eigenvalue weighted by molar-refractivity contribution is 0.360. The maximum absolute atomic E-state index is 10.8. The van der Waals surface area contributed by atoms with Crippen molar-refractivity contribution < 1.29 is 19.7 Å². The van der Waals surface area contributed by atoms with Gasteiger partial charge in [0.25, 0.3) is 0 Å². The molecule has 0 spiro atoms. The average Bonchev–Trinajstić information content (AvgIpc) is 2.99. The fourth-order valence-electron chi connectivity index (χ4n) is 4.08. The van der Waals surface area contributed by atoms with E-state index in [1.54, 1.807) is 36.4 Å². The van der Waals surface area contributed by atoms with E-state index in [0.29, 0.717) is 41.7 Å². The second-order valence-corrected chi connectivity index (χ2v) is 8.81. The first-order chi connectivity index (χ1) is 19.6. The van der Waals surface area contributed by atoms with Crippen LogP contribution in [0.15, 0.2) is 116 Å². The highest BCUT2D eigenvalue weighted by Crippen LogP contribution is 2.36. The molecule has 7 heteroatoms. The number of phenolic OH excluding ortho intramolecular Hbond substituents is 2. The maximum atomic E-state index is 10.8. The number of hydrogen-bond acceptors (Lipinski definition) is 7. The van der Waals surface area contributed by atoms with Crippen LogP contribution in [-0.4, -0.2) is 38.4 Å². The van der Waals surface area contributed by atoms with E-state index in [2.05, 4.69) is 28.1 Å². The van der Waals surface area contributed by atoms with Gasteiger partial charge in [0, 0.05) is 17.7 Å². The van der Waals surface area contributed by atoms with E-state index < -0.39 is 0 Å². The van der Waals surface area contributed by atoms with Gasteiger partial charge in [0.1, 0.15) is 36.2 Å². The van der Waals surface area contributed by atoms with Gasteiger partial charge in [-0.2, -0.15) is 0 Å². The van der Waals surface area contributed by atoms with Crippen molar-refractivity contribution in [3.63, 3.8) is 0 Å². The van der Waals surface area contributed by atoms with Crippen molar-refractivity contribution >= 4 is 0 Å². The Morgan fingerprint density at radius 2 is 1.00 bits per heavy atom. The average molecular weight is 530 g/mol. The number of ether oxygens (including phenoxy) is 2. The summed E-state index contributed by atoms with van der Waals surface area (Å²) in [5.74, 6) is 1.73. The van der Waals surface area contributed by atoms with Gasteiger partial charge in [-0.3, -0.25) is 0 Å². The molecule has 0 unspecified atom stereocenters. The highest BCUT2D eigenvalue weighted by molar-refractivity contribution is 5.74. The van der Waals surface area contributed by atoms with Crippen molar-refractivity contribution in [1.82, 2.24) is 15.0 Å². The third kappa shape index (κ3) is 5.84. The number of aromatic hydroxyl groups is 2. The van der Waals surface area contributed by atoms with Crippen molar-refractivity contribution in [2.75, 3.05) is 13.2 Å². The van der Waals surface area contributed by atoms with E-state index in [1.807, 2.05) is 54.6 Å². The Morgan fingerprint density at radius 3 is 1.48 bits per heavy atom. The Morgan fingerprint density at radius 1 is 0.550 bits per heavy atom. The fourth-order valence-corrected chi connectivity index (χ4v) is 4.08. The number of benzene rings is 4. The molecule has 1 aromatic heterocycles. The molecule has 0 saturated carbocycles. The highest BCUT2D eigenvalue weighted by Gasteiger charge is 2.17. The summed E-state index contributed by atoms with van der Waals surface area (Å²) < 4.78 is 11.1. The number of aromatic nitrogens is 3. The minimum absolute atomic E-state index is 0.0542. The SMILES string of the molecule is C=CCOc1ccc(-c2nc(-c3ccc(-c4ccccc4)cc3)nc(-c3ccc(OCC=C)cc3O)n2)c(O)c1. The third-order valence-electron chi connectivity index (χ3n) is 6.04. The molecule has 5 aromatic rings. The van der Waals surface area contributed by atoms with Crippen LogP contribution in [-0.2, 0) is 0 Å². The van der Waals surface area contributed by atoms with E-state index in [-0.39, 0.29) is 23.1 Å². The molecule has 0 bridgehead atoms. The first kappa shape index (κ1) is 26.2. The molecule has 7 nitrogen and oxygen atoms in total. The summed E-state index contributed by atoms with van der Waals surface area (Å²) in [4.78, 5) is 14.0. The van der Waals surface area contributed by atoms with Crippen LogP contribution in [0, 0.1) is 0 Å². The first-order valence-corrected chi connectivity index (χ1v) is 12.6. The normalized spacial score (nSPS) is 10.6. The molecule has 2 N–H and O–H groups in total. The zero-order chi connectivity index (χ0) is 27.9. The van der Waals surface area contributed by atoms with Gasteiger partial charge >= 0.3 is 0 Å². The molecule has 1 heterocycles. The molecule has 40 heavy (non-hydrogen) atoms. The van der Waals surface area contributed by atoms with Gasteiger partial charge in [-0.05, 0) is 35.4 Å². The second-order valence-electron chi connectivity index (χ2n) is 8.81. The van der Waals surface area contributed by atoms with Crippen LogP contribution in [0.2, 0.25) is 0 Å². The smallest absolute Gasteiger partial charge is 0.167 e. The van der Waals surface area contributed by atoms with E-state index in [9.17, 15) is 10.2 Å². The van der Waals surface area contributed by atoms with Crippen molar-refractivity contribution in [2.45, 2.75) is 0 Å². The Labute approximate surface area is 232 Å². The second kappa shape index (κ2) is 12.0. The minimum Gasteiger partial charge on any atom is -0.507 e. The summed E-state index contributed by atoms with van der Waals surface area (Å²) >= 11 is 0. The zero-order valence-corrected chi connectivity index (χ0v) is 21.7. The highest BCUT2D eigenvalue weighted by atomic mass is 16.5.